The summed E-state index contributed by atoms with van der Waals surface area (Å²) in [6.45, 7) is 3.69. The molecule has 1 aliphatic carbocycles. The second kappa shape index (κ2) is 8.81. The van der Waals surface area contributed by atoms with E-state index in [1.807, 2.05) is 0 Å². The summed E-state index contributed by atoms with van der Waals surface area (Å²) in [6.07, 6.45) is 8.81. The molecule has 3 N–H and O–H groups in total. The van der Waals surface area contributed by atoms with E-state index in [1.165, 1.54) is 24.8 Å². The molecular weight excluding hydrogens is 310 g/mol. The van der Waals surface area contributed by atoms with Crippen molar-refractivity contribution < 1.29 is 4.79 Å². The largest absolute Gasteiger partial charge is 0.352 e. The van der Waals surface area contributed by atoms with Gasteiger partial charge in [0.05, 0.1) is 0 Å². The summed E-state index contributed by atoms with van der Waals surface area (Å²) < 4.78 is 0. The van der Waals surface area contributed by atoms with Gasteiger partial charge in [0, 0.05) is 25.6 Å². The van der Waals surface area contributed by atoms with Gasteiger partial charge >= 0.3 is 0 Å². The molecular formula is C21H33N3O. The zero-order valence-electron chi connectivity index (χ0n) is 15.4. The van der Waals surface area contributed by atoms with Gasteiger partial charge in [0.2, 0.25) is 5.91 Å². The van der Waals surface area contributed by atoms with E-state index in [4.69, 9.17) is 5.73 Å². The first-order chi connectivity index (χ1) is 12.2. The number of rotatable bonds is 6. The summed E-state index contributed by atoms with van der Waals surface area (Å²) in [4.78, 5) is 15.1. The molecule has 138 valence electrons. The third-order valence-electron chi connectivity index (χ3n) is 6.00. The van der Waals surface area contributed by atoms with Crippen molar-refractivity contribution in [2.75, 3.05) is 19.6 Å². The van der Waals surface area contributed by atoms with Crippen molar-refractivity contribution in [3.63, 3.8) is 0 Å². The lowest BCUT2D eigenvalue weighted by Gasteiger charge is -2.37. The van der Waals surface area contributed by atoms with Crippen molar-refractivity contribution in [1.82, 2.24) is 10.2 Å². The number of nitrogens with zero attached hydrogens (tertiary/aromatic N) is 1. The van der Waals surface area contributed by atoms with Crippen LogP contribution in [0.4, 0.5) is 0 Å². The molecule has 1 saturated heterocycles. The van der Waals surface area contributed by atoms with Gasteiger partial charge in [-0.15, -0.1) is 0 Å². The van der Waals surface area contributed by atoms with Gasteiger partial charge < -0.3 is 11.1 Å². The number of hydrogen-bond acceptors (Lipinski definition) is 3. The molecule has 1 amide bonds. The molecule has 1 heterocycles. The van der Waals surface area contributed by atoms with Crippen LogP contribution in [0, 0.1) is 5.41 Å². The summed E-state index contributed by atoms with van der Waals surface area (Å²) in [7, 11) is 0. The van der Waals surface area contributed by atoms with E-state index in [1.54, 1.807) is 0 Å². The van der Waals surface area contributed by atoms with Crippen molar-refractivity contribution in [3.8, 4) is 0 Å². The maximum atomic E-state index is 12.6. The van der Waals surface area contributed by atoms with E-state index < -0.39 is 0 Å². The fourth-order valence-electron chi connectivity index (χ4n) is 4.53. The van der Waals surface area contributed by atoms with Crippen molar-refractivity contribution >= 4 is 5.91 Å². The highest BCUT2D eigenvalue weighted by Gasteiger charge is 2.33. The van der Waals surface area contributed by atoms with Crippen LogP contribution in [0.3, 0.4) is 0 Å². The Morgan fingerprint density at radius 2 is 1.92 bits per heavy atom. The smallest absolute Gasteiger partial charge is 0.220 e. The topological polar surface area (TPSA) is 58.4 Å². The second-order valence-corrected chi connectivity index (χ2v) is 8.07. The SMILES string of the molecule is NCC1(CC(=O)NC2CCCN(Cc3ccccc3)C2)CCCCC1. The molecule has 0 bridgehead atoms. The molecule has 25 heavy (non-hydrogen) atoms. The molecule has 1 saturated carbocycles. The number of amides is 1. The molecule has 4 nitrogen and oxygen atoms in total. The number of nitrogens with one attached hydrogen (secondary N) is 1. The van der Waals surface area contributed by atoms with Crippen LogP contribution in [0.25, 0.3) is 0 Å². The molecule has 1 unspecified atom stereocenters. The standard InChI is InChI=1S/C21H33N3O/c22-17-21(11-5-2-6-12-21)14-20(25)23-19-10-7-13-24(16-19)15-18-8-3-1-4-9-18/h1,3-4,8-9,19H,2,5-7,10-17,22H2,(H,23,25). The Kier molecular flexibility index (Phi) is 6.49. The molecule has 2 fully saturated rings. The Balaban J connectivity index is 1.49. The molecule has 3 rings (SSSR count). The first-order valence-corrected chi connectivity index (χ1v) is 9.95. The molecule has 1 aromatic carbocycles. The van der Waals surface area contributed by atoms with Crippen LogP contribution in [-0.2, 0) is 11.3 Å². The predicted octanol–water partition coefficient (Wildman–Crippen LogP) is 3.07. The highest BCUT2D eigenvalue weighted by molar-refractivity contribution is 5.77. The maximum Gasteiger partial charge on any atom is 0.220 e. The summed E-state index contributed by atoms with van der Waals surface area (Å²) in [5.74, 6) is 0.207. The molecule has 0 aromatic heterocycles. The summed E-state index contributed by atoms with van der Waals surface area (Å²) in [5.41, 5.74) is 7.44. The number of carbonyl (C=O) groups excluding carboxylic acids is 1. The first-order valence-electron chi connectivity index (χ1n) is 9.95. The van der Waals surface area contributed by atoms with Crippen molar-refractivity contribution in [3.05, 3.63) is 35.9 Å². The van der Waals surface area contributed by atoms with Gasteiger partial charge in [-0.2, -0.15) is 0 Å². The van der Waals surface area contributed by atoms with E-state index in [9.17, 15) is 4.79 Å². The van der Waals surface area contributed by atoms with Gasteiger partial charge in [0.25, 0.3) is 0 Å². The maximum absolute atomic E-state index is 12.6. The third-order valence-corrected chi connectivity index (χ3v) is 6.00. The minimum Gasteiger partial charge on any atom is -0.352 e. The minimum absolute atomic E-state index is 0.0563. The van der Waals surface area contributed by atoms with Crippen molar-refractivity contribution in [2.24, 2.45) is 11.1 Å². The van der Waals surface area contributed by atoms with Gasteiger partial charge in [0.1, 0.15) is 0 Å². The number of hydrogen-bond donors (Lipinski definition) is 2. The average molecular weight is 344 g/mol. The van der Waals surface area contributed by atoms with E-state index in [0.29, 0.717) is 13.0 Å². The average Bonchev–Trinajstić information content (AvgIpc) is 2.63. The molecule has 4 heteroatoms. The zero-order valence-corrected chi connectivity index (χ0v) is 15.4. The Labute approximate surface area is 152 Å². The van der Waals surface area contributed by atoms with Crippen LogP contribution in [0.15, 0.2) is 30.3 Å². The number of nitrogens with two attached hydrogens (primary N) is 1. The lowest BCUT2D eigenvalue weighted by molar-refractivity contribution is -0.125. The quantitative estimate of drug-likeness (QED) is 0.834. The van der Waals surface area contributed by atoms with E-state index in [2.05, 4.69) is 40.5 Å². The molecule has 1 aliphatic heterocycles. The summed E-state index contributed by atoms with van der Waals surface area (Å²) in [5, 5.41) is 3.30. The Bertz CT molecular complexity index is 539. The van der Waals surface area contributed by atoms with Crippen LogP contribution in [0.2, 0.25) is 0 Å². The first kappa shape index (κ1) is 18.4. The molecule has 0 radical (unpaired) electrons. The van der Waals surface area contributed by atoms with Gasteiger partial charge in [-0.3, -0.25) is 9.69 Å². The molecule has 0 spiro atoms. The van der Waals surface area contributed by atoms with Gasteiger partial charge in [0.15, 0.2) is 0 Å². The molecule has 1 aromatic rings. The van der Waals surface area contributed by atoms with E-state index >= 15 is 0 Å². The van der Waals surface area contributed by atoms with Gasteiger partial charge in [-0.25, -0.2) is 0 Å². The number of carbonyl (C=O) groups is 1. The minimum atomic E-state index is 0.0563. The normalized spacial score (nSPS) is 24.0. The van der Waals surface area contributed by atoms with E-state index in [0.717, 1.165) is 45.3 Å². The Morgan fingerprint density at radius 3 is 2.64 bits per heavy atom. The van der Waals surface area contributed by atoms with Crippen molar-refractivity contribution in [1.29, 1.82) is 0 Å². The number of likely N-dealkylation sites (tertiary alicyclic amines) is 1. The Morgan fingerprint density at radius 1 is 1.16 bits per heavy atom. The van der Waals surface area contributed by atoms with E-state index in [-0.39, 0.29) is 17.4 Å². The third kappa shape index (κ3) is 5.29. The Hall–Kier alpha value is -1.39. The van der Waals surface area contributed by atoms with Crippen LogP contribution in [0.1, 0.15) is 56.9 Å². The number of piperidine rings is 1. The van der Waals surface area contributed by atoms with Crippen LogP contribution >= 0.6 is 0 Å². The fraction of sp³-hybridized carbons (Fsp3) is 0.667. The summed E-state index contributed by atoms with van der Waals surface area (Å²) in [6, 6.07) is 10.9. The van der Waals surface area contributed by atoms with Crippen LogP contribution in [-0.4, -0.2) is 36.5 Å². The number of benzene rings is 1. The highest BCUT2D eigenvalue weighted by Crippen LogP contribution is 2.38. The van der Waals surface area contributed by atoms with Crippen LogP contribution < -0.4 is 11.1 Å². The van der Waals surface area contributed by atoms with Crippen LogP contribution in [0.5, 0.6) is 0 Å². The second-order valence-electron chi connectivity index (χ2n) is 8.07. The highest BCUT2D eigenvalue weighted by atomic mass is 16.1. The molecule has 2 aliphatic rings. The van der Waals surface area contributed by atoms with Gasteiger partial charge in [-0.05, 0) is 49.8 Å². The lowest BCUT2D eigenvalue weighted by Crippen LogP contribution is -2.49. The zero-order chi connectivity index (χ0) is 17.5. The lowest BCUT2D eigenvalue weighted by atomic mass is 9.71. The fourth-order valence-corrected chi connectivity index (χ4v) is 4.53. The summed E-state index contributed by atoms with van der Waals surface area (Å²) >= 11 is 0. The van der Waals surface area contributed by atoms with Gasteiger partial charge in [-0.1, -0.05) is 49.6 Å². The van der Waals surface area contributed by atoms with Crippen molar-refractivity contribution in [2.45, 2.75) is 64.0 Å². The predicted molar refractivity (Wildman–Crippen MR) is 102 cm³/mol. The molecule has 1 atom stereocenters. The monoisotopic (exact) mass is 343 g/mol.